The van der Waals surface area contributed by atoms with Crippen LogP contribution in [-0.4, -0.2) is 6.04 Å². The molecule has 1 heteroatoms. The zero-order valence-corrected chi connectivity index (χ0v) is 8.13. The Morgan fingerprint density at radius 3 is 2.50 bits per heavy atom. The molecule has 0 bridgehead atoms. The molecule has 0 aromatic rings. The van der Waals surface area contributed by atoms with Gasteiger partial charge in [0, 0.05) is 6.04 Å². The molecule has 1 saturated carbocycles. The Hall–Kier alpha value is -0.300. The van der Waals surface area contributed by atoms with Crippen LogP contribution in [0.15, 0.2) is 12.2 Å². The molecule has 1 fully saturated rings. The zero-order chi connectivity index (χ0) is 8.81. The van der Waals surface area contributed by atoms with Crippen LogP contribution < -0.4 is 5.73 Å². The number of hydrogen-bond acceptors (Lipinski definition) is 1. The number of rotatable bonds is 3. The van der Waals surface area contributed by atoms with Crippen molar-refractivity contribution in [3.63, 3.8) is 0 Å². The van der Waals surface area contributed by atoms with Gasteiger partial charge in [0.2, 0.25) is 0 Å². The third kappa shape index (κ3) is 3.40. The molecule has 2 N–H and O–H groups in total. The molecule has 0 spiro atoms. The normalized spacial score (nSPS) is 31.2. The van der Waals surface area contributed by atoms with E-state index in [1.165, 1.54) is 38.5 Å². The molecule has 0 unspecified atom stereocenters. The van der Waals surface area contributed by atoms with E-state index in [2.05, 4.69) is 19.1 Å². The maximum absolute atomic E-state index is 5.83. The first-order valence-corrected chi connectivity index (χ1v) is 5.25. The van der Waals surface area contributed by atoms with Gasteiger partial charge in [-0.05, 0) is 38.0 Å². The molecule has 0 aromatic carbocycles. The molecular weight excluding hydrogens is 146 g/mol. The molecular formula is C11H21N. The first-order chi connectivity index (χ1) is 5.83. The quantitative estimate of drug-likeness (QED) is 0.643. The van der Waals surface area contributed by atoms with Gasteiger partial charge in [-0.3, -0.25) is 0 Å². The third-order valence-electron chi connectivity index (χ3n) is 2.68. The molecule has 0 atom stereocenters. The van der Waals surface area contributed by atoms with Gasteiger partial charge in [0.25, 0.3) is 0 Å². The van der Waals surface area contributed by atoms with Gasteiger partial charge in [0.1, 0.15) is 0 Å². The van der Waals surface area contributed by atoms with E-state index in [1.807, 2.05) is 0 Å². The highest BCUT2D eigenvalue weighted by Crippen LogP contribution is 2.24. The molecule has 1 aliphatic carbocycles. The summed E-state index contributed by atoms with van der Waals surface area (Å²) in [4.78, 5) is 0. The monoisotopic (exact) mass is 167 g/mol. The summed E-state index contributed by atoms with van der Waals surface area (Å²) in [6.07, 6.45) is 12.3. The molecule has 1 aliphatic rings. The fourth-order valence-corrected chi connectivity index (χ4v) is 1.79. The molecule has 12 heavy (non-hydrogen) atoms. The number of unbranched alkanes of at least 4 members (excludes halogenated alkanes) is 1. The van der Waals surface area contributed by atoms with Crippen LogP contribution in [0.5, 0.6) is 0 Å². The predicted octanol–water partition coefficient (Wildman–Crippen LogP) is 2.86. The van der Waals surface area contributed by atoms with Gasteiger partial charge in [-0.1, -0.05) is 25.5 Å². The van der Waals surface area contributed by atoms with Crippen LogP contribution in [-0.2, 0) is 0 Å². The summed E-state index contributed by atoms with van der Waals surface area (Å²) >= 11 is 0. The number of allylic oxidation sites excluding steroid dienone is 2. The van der Waals surface area contributed by atoms with E-state index >= 15 is 0 Å². The fourth-order valence-electron chi connectivity index (χ4n) is 1.79. The predicted molar refractivity (Wildman–Crippen MR) is 54.0 cm³/mol. The Balaban J connectivity index is 2.17. The van der Waals surface area contributed by atoms with Crippen LogP contribution in [0.3, 0.4) is 0 Å². The maximum Gasteiger partial charge on any atom is 0.00392 e. The Morgan fingerprint density at radius 2 is 1.92 bits per heavy atom. The van der Waals surface area contributed by atoms with E-state index in [0.29, 0.717) is 6.04 Å². The van der Waals surface area contributed by atoms with Gasteiger partial charge >= 0.3 is 0 Å². The van der Waals surface area contributed by atoms with Crippen molar-refractivity contribution in [3.05, 3.63) is 12.2 Å². The van der Waals surface area contributed by atoms with Crippen LogP contribution in [0, 0.1) is 5.92 Å². The summed E-state index contributed by atoms with van der Waals surface area (Å²) in [6, 6.07) is 0.487. The summed E-state index contributed by atoms with van der Waals surface area (Å²) in [5, 5.41) is 0. The second-order valence-corrected chi connectivity index (χ2v) is 3.89. The molecule has 70 valence electrons. The Kier molecular flexibility index (Phi) is 4.37. The van der Waals surface area contributed by atoms with Crippen LogP contribution in [0.1, 0.15) is 45.4 Å². The highest BCUT2D eigenvalue weighted by molar-refractivity contribution is 4.91. The van der Waals surface area contributed by atoms with Crippen LogP contribution in [0.25, 0.3) is 0 Å². The van der Waals surface area contributed by atoms with Crippen LogP contribution in [0.2, 0.25) is 0 Å². The smallest absolute Gasteiger partial charge is 0.00392 e. The second kappa shape index (κ2) is 5.36. The SMILES string of the molecule is CCCC=CC1CCC(N)CC1. The first kappa shape index (κ1) is 9.79. The molecule has 1 rings (SSSR count). The Bertz CT molecular complexity index is 132. The second-order valence-electron chi connectivity index (χ2n) is 3.89. The molecule has 0 saturated heterocycles. The summed E-state index contributed by atoms with van der Waals surface area (Å²) < 4.78 is 0. The van der Waals surface area contributed by atoms with Crippen molar-refractivity contribution in [1.29, 1.82) is 0 Å². The number of hydrogen-bond donors (Lipinski definition) is 1. The van der Waals surface area contributed by atoms with Gasteiger partial charge in [-0.25, -0.2) is 0 Å². The third-order valence-corrected chi connectivity index (χ3v) is 2.68. The average molecular weight is 167 g/mol. The highest BCUT2D eigenvalue weighted by Gasteiger charge is 2.15. The molecule has 0 aromatic heterocycles. The minimum absolute atomic E-state index is 0.487. The molecule has 0 aliphatic heterocycles. The Labute approximate surface area is 76.0 Å². The van der Waals surface area contributed by atoms with E-state index in [-0.39, 0.29) is 0 Å². The topological polar surface area (TPSA) is 26.0 Å². The summed E-state index contributed by atoms with van der Waals surface area (Å²) in [5.41, 5.74) is 5.83. The molecule has 0 radical (unpaired) electrons. The van der Waals surface area contributed by atoms with E-state index in [0.717, 1.165) is 5.92 Å². The van der Waals surface area contributed by atoms with Crippen molar-refractivity contribution >= 4 is 0 Å². The first-order valence-electron chi connectivity index (χ1n) is 5.25. The van der Waals surface area contributed by atoms with Gasteiger partial charge < -0.3 is 5.73 Å². The highest BCUT2D eigenvalue weighted by atomic mass is 14.6. The zero-order valence-electron chi connectivity index (χ0n) is 8.13. The van der Waals surface area contributed by atoms with Crippen molar-refractivity contribution in [2.75, 3.05) is 0 Å². The van der Waals surface area contributed by atoms with Gasteiger partial charge in [0.05, 0.1) is 0 Å². The van der Waals surface area contributed by atoms with Gasteiger partial charge in [0.15, 0.2) is 0 Å². The Morgan fingerprint density at radius 1 is 1.25 bits per heavy atom. The van der Waals surface area contributed by atoms with Crippen molar-refractivity contribution in [3.8, 4) is 0 Å². The van der Waals surface area contributed by atoms with Crippen molar-refractivity contribution in [2.45, 2.75) is 51.5 Å². The minimum Gasteiger partial charge on any atom is -0.328 e. The summed E-state index contributed by atoms with van der Waals surface area (Å²) in [5.74, 6) is 0.830. The van der Waals surface area contributed by atoms with Crippen LogP contribution >= 0.6 is 0 Å². The standard InChI is InChI=1S/C11H21N/c1-2-3-4-5-10-6-8-11(12)9-7-10/h4-5,10-11H,2-3,6-9,12H2,1H3. The maximum atomic E-state index is 5.83. The minimum atomic E-state index is 0.487. The lowest BCUT2D eigenvalue weighted by molar-refractivity contribution is 0.375. The van der Waals surface area contributed by atoms with Crippen molar-refractivity contribution in [1.82, 2.24) is 0 Å². The van der Waals surface area contributed by atoms with E-state index in [4.69, 9.17) is 5.73 Å². The molecule has 0 heterocycles. The lowest BCUT2D eigenvalue weighted by atomic mass is 9.86. The van der Waals surface area contributed by atoms with Gasteiger partial charge in [-0.2, -0.15) is 0 Å². The largest absolute Gasteiger partial charge is 0.328 e. The molecule has 1 nitrogen and oxygen atoms in total. The fraction of sp³-hybridized carbons (Fsp3) is 0.818. The van der Waals surface area contributed by atoms with E-state index < -0.39 is 0 Å². The molecule has 0 amide bonds. The summed E-state index contributed by atoms with van der Waals surface area (Å²) in [6.45, 7) is 2.22. The summed E-state index contributed by atoms with van der Waals surface area (Å²) in [7, 11) is 0. The lowest BCUT2D eigenvalue weighted by Gasteiger charge is -2.23. The van der Waals surface area contributed by atoms with E-state index in [1.54, 1.807) is 0 Å². The lowest BCUT2D eigenvalue weighted by Crippen LogP contribution is -2.25. The van der Waals surface area contributed by atoms with Crippen molar-refractivity contribution < 1.29 is 0 Å². The average Bonchev–Trinajstić information content (AvgIpc) is 2.09. The van der Waals surface area contributed by atoms with Crippen LogP contribution in [0.4, 0.5) is 0 Å². The number of nitrogens with two attached hydrogens (primary N) is 1. The van der Waals surface area contributed by atoms with E-state index in [9.17, 15) is 0 Å². The van der Waals surface area contributed by atoms with Crippen molar-refractivity contribution in [2.24, 2.45) is 11.7 Å². The van der Waals surface area contributed by atoms with Gasteiger partial charge in [-0.15, -0.1) is 0 Å².